The number of methoxy groups -OCH3 is 1. The molecule has 0 aliphatic carbocycles. The van der Waals surface area contributed by atoms with Crippen LogP contribution in [0.1, 0.15) is 15.9 Å². The van der Waals surface area contributed by atoms with Crippen molar-refractivity contribution >= 4 is 23.5 Å². The van der Waals surface area contributed by atoms with Crippen molar-refractivity contribution in [3.63, 3.8) is 0 Å². The fraction of sp³-hybridized carbons (Fsp3) is 0.176. The number of nitrogens with one attached hydrogen (secondary N) is 1. The van der Waals surface area contributed by atoms with E-state index in [4.69, 9.17) is 11.6 Å². The summed E-state index contributed by atoms with van der Waals surface area (Å²) in [5, 5.41) is 2.89. The van der Waals surface area contributed by atoms with Gasteiger partial charge in [-0.25, -0.2) is 13.6 Å². The highest BCUT2D eigenvalue weighted by Gasteiger charge is 2.24. The third-order valence-corrected chi connectivity index (χ3v) is 3.59. The first-order chi connectivity index (χ1) is 11.4. The minimum absolute atomic E-state index is 0.118. The molecule has 0 heterocycles. The van der Waals surface area contributed by atoms with E-state index in [1.54, 1.807) is 24.3 Å². The van der Waals surface area contributed by atoms with E-state index in [-0.39, 0.29) is 6.42 Å². The first-order valence-corrected chi connectivity index (χ1v) is 7.37. The summed E-state index contributed by atoms with van der Waals surface area (Å²) in [5.41, 5.74) is 0.231. The molecule has 0 unspecified atom stereocenters. The predicted molar refractivity (Wildman–Crippen MR) is 84.8 cm³/mol. The number of halogens is 3. The molecule has 0 bridgehead atoms. The number of carbonyl (C=O) groups excluding carboxylic acids is 2. The quantitative estimate of drug-likeness (QED) is 0.840. The molecule has 2 aromatic rings. The lowest BCUT2D eigenvalue weighted by molar-refractivity contribution is -0.142. The van der Waals surface area contributed by atoms with Gasteiger partial charge in [-0.15, -0.1) is 0 Å². The maximum Gasteiger partial charge on any atom is 0.328 e. The highest BCUT2D eigenvalue weighted by atomic mass is 35.5. The van der Waals surface area contributed by atoms with Gasteiger partial charge in [-0.2, -0.15) is 0 Å². The molecule has 126 valence electrons. The maximum absolute atomic E-state index is 13.7. The van der Waals surface area contributed by atoms with Crippen molar-refractivity contribution in [2.75, 3.05) is 7.11 Å². The predicted octanol–water partition coefficient (Wildman–Crippen LogP) is 3.13. The Morgan fingerprint density at radius 1 is 1.17 bits per heavy atom. The fourth-order valence-electron chi connectivity index (χ4n) is 2.11. The van der Waals surface area contributed by atoms with Crippen LogP contribution in [-0.4, -0.2) is 25.0 Å². The van der Waals surface area contributed by atoms with Gasteiger partial charge >= 0.3 is 5.97 Å². The number of carbonyl (C=O) groups is 2. The minimum Gasteiger partial charge on any atom is -0.467 e. The van der Waals surface area contributed by atoms with Crippen LogP contribution in [0.2, 0.25) is 5.02 Å². The summed E-state index contributed by atoms with van der Waals surface area (Å²) in [5.74, 6) is -4.02. The molecular formula is C17H14ClF2NO3. The SMILES string of the molecule is COC(=O)[C@H](Cc1ccc(Cl)cc1)NC(=O)c1cccc(F)c1F. The highest BCUT2D eigenvalue weighted by molar-refractivity contribution is 6.30. The van der Waals surface area contributed by atoms with Crippen LogP contribution < -0.4 is 5.32 Å². The number of ether oxygens (including phenoxy) is 1. The molecule has 0 aliphatic rings. The van der Waals surface area contributed by atoms with Crippen molar-refractivity contribution in [1.82, 2.24) is 5.32 Å². The van der Waals surface area contributed by atoms with Gasteiger partial charge in [-0.1, -0.05) is 29.8 Å². The van der Waals surface area contributed by atoms with Crippen LogP contribution in [0.4, 0.5) is 8.78 Å². The second-order valence-electron chi connectivity index (χ2n) is 4.98. The van der Waals surface area contributed by atoms with Gasteiger partial charge in [0, 0.05) is 11.4 Å². The molecule has 0 saturated carbocycles. The molecule has 1 amide bonds. The van der Waals surface area contributed by atoms with Gasteiger partial charge in [0.25, 0.3) is 5.91 Å². The Morgan fingerprint density at radius 3 is 2.46 bits per heavy atom. The average Bonchev–Trinajstić information content (AvgIpc) is 2.57. The van der Waals surface area contributed by atoms with Crippen LogP contribution in [0.5, 0.6) is 0 Å². The van der Waals surface area contributed by atoms with Crippen LogP contribution >= 0.6 is 11.6 Å². The lowest BCUT2D eigenvalue weighted by Gasteiger charge is -2.17. The van der Waals surface area contributed by atoms with Crippen LogP contribution in [0.25, 0.3) is 0 Å². The monoisotopic (exact) mass is 353 g/mol. The first kappa shape index (κ1) is 17.9. The van der Waals surface area contributed by atoms with Crippen molar-refractivity contribution in [2.45, 2.75) is 12.5 Å². The molecule has 2 rings (SSSR count). The molecule has 0 radical (unpaired) electrons. The summed E-state index contributed by atoms with van der Waals surface area (Å²) in [6, 6.07) is 8.84. The third kappa shape index (κ3) is 4.29. The first-order valence-electron chi connectivity index (χ1n) is 6.99. The molecular weight excluding hydrogens is 340 g/mol. The summed E-state index contributed by atoms with van der Waals surface area (Å²) >= 11 is 5.80. The van der Waals surface area contributed by atoms with E-state index < -0.39 is 35.1 Å². The van der Waals surface area contributed by atoms with Gasteiger partial charge in [0.05, 0.1) is 12.7 Å². The smallest absolute Gasteiger partial charge is 0.328 e. The van der Waals surface area contributed by atoms with E-state index in [0.717, 1.165) is 17.7 Å². The number of benzene rings is 2. The summed E-state index contributed by atoms with van der Waals surface area (Å²) in [6.07, 6.45) is 0.118. The van der Waals surface area contributed by atoms with Gasteiger partial charge in [0.2, 0.25) is 0 Å². The lowest BCUT2D eigenvalue weighted by atomic mass is 10.1. The second kappa shape index (κ2) is 7.88. The van der Waals surface area contributed by atoms with Crippen LogP contribution in [-0.2, 0) is 16.0 Å². The summed E-state index contributed by atoms with van der Waals surface area (Å²) in [6.45, 7) is 0. The van der Waals surface area contributed by atoms with Crippen LogP contribution in [0, 0.1) is 11.6 Å². The van der Waals surface area contributed by atoms with Crippen LogP contribution in [0.15, 0.2) is 42.5 Å². The summed E-state index contributed by atoms with van der Waals surface area (Å²) in [4.78, 5) is 24.0. The van der Waals surface area contributed by atoms with Gasteiger partial charge < -0.3 is 10.1 Å². The van der Waals surface area contributed by atoms with E-state index in [2.05, 4.69) is 10.1 Å². The van der Waals surface area contributed by atoms with E-state index in [9.17, 15) is 18.4 Å². The molecule has 2 aromatic carbocycles. The number of amides is 1. The number of hydrogen-bond donors (Lipinski definition) is 1. The Balaban J connectivity index is 2.19. The highest BCUT2D eigenvalue weighted by Crippen LogP contribution is 2.14. The Kier molecular flexibility index (Phi) is 5.87. The van der Waals surface area contributed by atoms with Crippen molar-refractivity contribution in [3.8, 4) is 0 Å². The van der Waals surface area contributed by atoms with Gasteiger partial charge in [-0.3, -0.25) is 4.79 Å². The Labute approximate surface area is 142 Å². The van der Waals surface area contributed by atoms with Gasteiger partial charge in [0.1, 0.15) is 6.04 Å². The molecule has 1 N–H and O–H groups in total. The zero-order valence-corrected chi connectivity index (χ0v) is 13.4. The molecule has 0 aromatic heterocycles. The summed E-state index contributed by atoms with van der Waals surface area (Å²) < 4.78 is 31.6. The Morgan fingerprint density at radius 2 is 1.83 bits per heavy atom. The Bertz CT molecular complexity index is 750. The minimum atomic E-state index is -1.27. The number of rotatable bonds is 5. The molecule has 1 atom stereocenters. The molecule has 4 nitrogen and oxygen atoms in total. The topological polar surface area (TPSA) is 55.4 Å². The summed E-state index contributed by atoms with van der Waals surface area (Å²) in [7, 11) is 1.17. The Hall–Kier alpha value is -2.47. The molecule has 24 heavy (non-hydrogen) atoms. The van der Waals surface area contributed by atoms with E-state index in [1.165, 1.54) is 13.2 Å². The molecule has 0 aliphatic heterocycles. The third-order valence-electron chi connectivity index (χ3n) is 3.34. The second-order valence-corrected chi connectivity index (χ2v) is 5.42. The van der Waals surface area contributed by atoms with E-state index in [0.29, 0.717) is 5.02 Å². The van der Waals surface area contributed by atoms with Crippen molar-refractivity contribution in [1.29, 1.82) is 0 Å². The van der Waals surface area contributed by atoms with Gasteiger partial charge in [-0.05, 0) is 29.8 Å². The maximum atomic E-state index is 13.7. The number of esters is 1. The largest absolute Gasteiger partial charge is 0.467 e. The van der Waals surface area contributed by atoms with E-state index >= 15 is 0 Å². The number of hydrogen-bond acceptors (Lipinski definition) is 3. The molecule has 7 heteroatoms. The van der Waals surface area contributed by atoms with Gasteiger partial charge in [0.15, 0.2) is 11.6 Å². The van der Waals surface area contributed by atoms with Crippen molar-refractivity contribution in [2.24, 2.45) is 0 Å². The standard InChI is InChI=1S/C17H14ClF2NO3/c1-24-17(23)14(9-10-5-7-11(18)8-6-10)21-16(22)12-3-2-4-13(19)15(12)20/h2-8,14H,9H2,1H3,(H,21,22)/t14-/m0/s1. The zero-order valence-electron chi connectivity index (χ0n) is 12.7. The molecule has 0 saturated heterocycles. The van der Waals surface area contributed by atoms with E-state index in [1.807, 2.05) is 0 Å². The fourth-order valence-corrected chi connectivity index (χ4v) is 2.23. The van der Waals surface area contributed by atoms with Crippen molar-refractivity contribution in [3.05, 3.63) is 70.2 Å². The normalized spacial score (nSPS) is 11.7. The average molecular weight is 354 g/mol. The molecule has 0 fully saturated rings. The molecule has 0 spiro atoms. The lowest BCUT2D eigenvalue weighted by Crippen LogP contribution is -2.43. The van der Waals surface area contributed by atoms with Crippen LogP contribution in [0.3, 0.4) is 0 Å². The van der Waals surface area contributed by atoms with Crippen molar-refractivity contribution < 1.29 is 23.1 Å². The zero-order chi connectivity index (χ0) is 17.7.